The number of likely N-dealkylation sites (tertiary alicyclic amines) is 1. The molecule has 4 fully saturated rings. The monoisotopic (exact) mass is 753 g/mol. The lowest BCUT2D eigenvalue weighted by Gasteiger charge is -2.46. The highest BCUT2D eigenvalue weighted by Gasteiger charge is 2.44. The number of carbonyl (C=O) groups is 4. The Morgan fingerprint density at radius 3 is 2.45 bits per heavy atom. The van der Waals surface area contributed by atoms with E-state index >= 15 is 0 Å². The lowest BCUT2D eigenvalue weighted by atomic mass is 9.79. The number of benzene rings is 3. The summed E-state index contributed by atoms with van der Waals surface area (Å²) in [6.07, 6.45) is 5.22. The molecule has 4 unspecified atom stereocenters. The Kier molecular flexibility index (Phi) is 9.20. The summed E-state index contributed by atoms with van der Waals surface area (Å²) in [7, 11) is 0. The van der Waals surface area contributed by atoms with E-state index in [1.165, 1.54) is 6.33 Å². The molecule has 14 heteroatoms. The highest BCUT2D eigenvalue weighted by Crippen LogP contribution is 2.44. The first-order valence-corrected chi connectivity index (χ1v) is 19.3. The molecule has 286 valence electrons. The highest BCUT2D eigenvalue weighted by atomic mass is 16.5. The lowest BCUT2D eigenvalue weighted by Crippen LogP contribution is -2.59. The summed E-state index contributed by atoms with van der Waals surface area (Å²) in [5, 5.41) is 8.17. The van der Waals surface area contributed by atoms with Crippen LogP contribution in [0.15, 0.2) is 79.1 Å². The van der Waals surface area contributed by atoms with Gasteiger partial charge < -0.3 is 15.4 Å². The van der Waals surface area contributed by atoms with Crippen molar-refractivity contribution in [2.75, 3.05) is 36.8 Å². The average molecular weight is 754 g/mol. The van der Waals surface area contributed by atoms with Crippen LogP contribution in [0.1, 0.15) is 54.1 Å². The molecule has 4 amide bonds. The first-order chi connectivity index (χ1) is 27.2. The van der Waals surface area contributed by atoms with Gasteiger partial charge in [0.05, 0.1) is 11.4 Å². The van der Waals surface area contributed by atoms with Crippen molar-refractivity contribution in [3.8, 4) is 22.8 Å². The first kappa shape index (κ1) is 35.5. The number of nitrogens with zero attached hydrogens (tertiary/aromatic N) is 7. The predicted octanol–water partition coefficient (Wildman–Crippen LogP) is 4.74. The van der Waals surface area contributed by atoms with Crippen molar-refractivity contribution in [1.29, 1.82) is 0 Å². The van der Waals surface area contributed by atoms with Gasteiger partial charge in [-0.15, -0.1) is 0 Å². The minimum absolute atomic E-state index is 0.0772. The topological polar surface area (TPSA) is 169 Å². The van der Waals surface area contributed by atoms with E-state index in [9.17, 15) is 19.2 Å². The Morgan fingerprint density at radius 1 is 0.911 bits per heavy atom. The van der Waals surface area contributed by atoms with Crippen LogP contribution in [0.5, 0.6) is 11.5 Å². The van der Waals surface area contributed by atoms with E-state index in [1.807, 2.05) is 79.7 Å². The van der Waals surface area contributed by atoms with E-state index in [1.54, 1.807) is 0 Å². The summed E-state index contributed by atoms with van der Waals surface area (Å²) in [5.74, 6) is 1.50. The summed E-state index contributed by atoms with van der Waals surface area (Å²) in [5.41, 5.74) is 10.9. The molecule has 5 aromatic rings. The van der Waals surface area contributed by atoms with Crippen LogP contribution in [0, 0.1) is 18.8 Å². The number of para-hydroxylation sites is 1. The molecule has 0 spiro atoms. The summed E-state index contributed by atoms with van der Waals surface area (Å²) >= 11 is 0. The molecule has 3 N–H and O–H groups in total. The zero-order valence-electron chi connectivity index (χ0n) is 31.1. The van der Waals surface area contributed by atoms with Gasteiger partial charge in [0, 0.05) is 55.5 Å². The second kappa shape index (κ2) is 14.5. The van der Waals surface area contributed by atoms with Crippen LogP contribution in [0.25, 0.3) is 22.3 Å². The number of hydrogen-bond donors (Lipinski definition) is 2. The molecule has 3 saturated heterocycles. The number of piperidine rings is 1. The van der Waals surface area contributed by atoms with E-state index in [2.05, 4.69) is 29.8 Å². The smallest absolute Gasteiger partial charge is 0.261 e. The molecule has 9 rings (SSSR count). The second-order valence-corrected chi connectivity index (χ2v) is 15.5. The maximum Gasteiger partial charge on any atom is 0.261 e. The van der Waals surface area contributed by atoms with E-state index in [-0.39, 0.29) is 18.9 Å². The van der Waals surface area contributed by atoms with Crippen molar-refractivity contribution < 1.29 is 23.9 Å². The van der Waals surface area contributed by atoms with Crippen molar-refractivity contribution in [1.82, 2.24) is 34.9 Å². The molecule has 3 aliphatic heterocycles. The number of carbonyl (C=O) groups excluding carboxylic acids is 4. The number of ether oxygens (including phenoxy) is 1. The number of nitrogens with two attached hydrogens (primary N) is 1. The largest absolute Gasteiger partial charge is 0.457 e. The molecule has 0 radical (unpaired) electrons. The zero-order valence-corrected chi connectivity index (χ0v) is 31.1. The van der Waals surface area contributed by atoms with E-state index in [0.717, 1.165) is 89.8 Å². The van der Waals surface area contributed by atoms with Crippen LogP contribution >= 0.6 is 0 Å². The third-order valence-corrected chi connectivity index (χ3v) is 12.1. The Bertz CT molecular complexity index is 2320. The van der Waals surface area contributed by atoms with Crippen molar-refractivity contribution in [2.45, 2.75) is 57.2 Å². The van der Waals surface area contributed by atoms with Crippen LogP contribution in [-0.4, -0.2) is 91.9 Å². The molecule has 4 atom stereocenters. The Balaban J connectivity index is 0.858. The van der Waals surface area contributed by atoms with Gasteiger partial charge in [-0.3, -0.25) is 34.3 Å². The normalized spacial score (nSPS) is 22.7. The van der Waals surface area contributed by atoms with Gasteiger partial charge >= 0.3 is 0 Å². The van der Waals surface area contributed by atoms with Crippen molar-refractivity contribution in [3.63, 3.8) is 0 Å². The molecule has 1 saturated carbocycles. The van der Waals surface area contributed by atoms with Gasteiger partial charge in [-0.1, -0.05) is 24.3 Å². The van der Waals surface area contributed by atoms with Crippen LogP contribution in [0.2, 0.25) is 0 Å². The molecular formula is C42H43N9O5. The average Bonchev–Trinajstić information content (AvgIpc) is 3.79. The summed E-state index contributed by atoms with van der Waals surface area (Å²) in [4.78, 5) is 64.5. The van der Waals surface area contributed by atoms with E-state index < -0.39 is 23.8 Å². The minimum atomic E-state index is -1.01. The molecular weight excluding hydrogens is 711 g/mol. The van der Waals surface area contributed by atoms with Crippen molar-refractivity contribution >= 4 is 46.7 Å². The number of anilines is 2. The lowest BCUT2D eigenvalue weighted by molar-refractivity contribution is -0.139. The van der Waals surface area contributed by atoms with Gasteiger partial charge in [0.1, 0.15) is 35.4 Å². The standard InChI is InChI=1S/C42H43N9O5/c1-25-7-11-29(18-34(25)42(55)50(24-52)35-15-16-36(53)46-41(35)54)49-21-31(22-49)48-19-27-8-12-30(17-28(27)20-48)51-40-37(39(43)44-23-45-40)38(47-51)26-9-13-33(14-10-26)56-32-5-3-2-4-6-32/h2-7,9-11,13-14,18,23-24,27-28,30-31,35H,8,12,15-17,19-22H2,1H3,(H2,43,44,45)(H,46,53,54). The van der Waals surface area contributed by atoms with Gasteiger partial charge in [-0.25, -0.2) is 14.6 Å². The van der Waals surface area contributed by atoms with Crippen LogP contribution in [-0.2, 0) is 14.4 Å². The van der Waals surface area contributed by atoms with Gasteiger partial charge in [0.2, 0.25) is 18.2 Å². The fraction of sp³-hybridized carbons (Fsp3) is 0.357. The molecule has 2 aromatic heterocycles. The van der Waals surface area contributed by atoms with E-state index in [4.69, 9.17) is 15.6 Å². The number of nitrogen functional groups attached to an aromatic ring is 1. The van der Waals surface area contributed by atoms with E-state index in [0.29, 0.717) is 41.2 Å². The quantitative estimate of drug-likeness (QED) is 0.158. The van der Waals surface area contributed by atoms with Crippen LogP contribution in [0.3, 0.4) is 0 Å². The summed E-state index contributed by atoms with van der Waals surface area (Å²) < 4.78 is 8.10. The molecule has 5 heterocycles. The number of amides is 4. The number of rotatable bonds is 9. The molecule has 4 aliphatic rings. The SMILES string of the molecule is Cc1ccc(N2CC(N3CC4CCC(n5nc(-c6ccc(Oc7ccccc7)cc6)c6c(N)ncnc65)CC4C3)C2)cc1C(=O)N(C=O)C1CCC(=O)NC1=O. The number of nitrogens with one attached hydrogen (secondary N) is 1. The number of hydrogen-bond acceptors (Lipinski definition) is 11. The molecule has 14 nitrogen and oxygen atoms in total. The number of fused-ring (bicyclic) bond motifs is 2. The molecule has 3 aromatic carbocycles. The number of aryl methyl sites for hydroxylation is 1. The van der Waals surface area contributed by atoms with Crippen molar-refractivity contribution in [3.05, 3.63) is 90.3 Å². The fourth-order valence-electron chi connectivity index (χ4n) is 9.00. The maximum atomic E-state index is 13.6. The van der Waals surface area contributed by atoms with Gasteiger partial charge in [-0.2, -0.15) is 5.10 Å². The van der Waals surface area contributed by atoms with Gasteiger partial charge in [-0.05, 0) is 98.5 Å². The second-order valence-electron chi connectivity index (χ2n) is 15.5. The maximum absolute atomic E-state index is 13.6. The number of aromatic nitrogens is 4. The molecule has 1 aliphatic carbocycles. The number of imide groups is 2. The Morgan fingerprint density at radius 2 is 1.68 bits per heavy atom. The Hall–Kier alpha value is -6.15. The Labute approximate surface area is 323 Å². The van der Waals surface area contributed by atoms with Crippen molar-refractivity contribution in [2.24, 2.45) is 11.8 Å². The predicted molar refractivity (Wildman–Crippen MR) is 209 cm³/mol. The van der Waals surface area contributed by atoms with Crippen LogP contribution in [0.4, 0.5) is 11.5 Å². The van der Waals surface area contributed by atoms with Gasteiger partial charge in [0.15, 0.2) is 5.65 Å². The first-order valence-electron chi connectivity index (χ1n) is 19.3. The molecule has 56 heavy (non-hydrogen) atoms. The summed E-state index contributed by atoms with van der Waals surface area (Å²) in [6, 6.07) is 22.8. The third kappa shape index (κ3) is 6.53. The fourth-order valence-corrected chi connectivity index (χ4v) is 9.00. The third-order valence-electron chi connectivity index (χ3n) is 12.1. The zero-order chi connectivity index (χ0) is 38.5. The highest BCUT2D eigenvalue weighted by molar-refractivity contribution is 6.08. The molecule has 0 bridgehead atoms. The van der Waals surface area contributed by atoms with Crippen LogP contribution < -0.4 is 20.7 Å². The minimum Gasteiger partial charge on any atom is -0.457 e. The van der Waals surface area contributed by atoms with Gasteiger partial charge in [0.25, 0.3) is 5.91 Å². The summed E-state index contributed by atoms with van der Waals surface area (Å²) in [6.45, 7) is 5.57.